The van der Waals surface area contributed by atoms with Gasteiger partial charge in [0.25, 0.3) is 5.91 Å². The smallest absolute Gasteiger partial charge is 0.260 e. The van der Waals surface area contributed by atoms with Crippen molar-refractivity contribution in [2.75, 3.05) is 54.1 Å². The maximum Gasteiger partial charge on any atom is 0.260 e. The molecule has 1 fully saturated rings. The lowest BCUT2D eigenvalue weighted by molar-refractivity contribution is -0.142. The maximum absolute atomic E-state index is 12.4. The predicted molar refractivity (Wildman–Crippen MR) is 83.4 cm³/mol. The highest BCUT2D eigenvalue weighted by atomic mass is 16.5. The monoisotopic (exact) mass is 308 g/mol. The Bertz CT molecular complexity index is 493. The van der Waals surface area contributed by atoms with Crippen LogP contribution in [0.25, 0.3) is 0 Å². The fourth-order valence-corrected chi connectivity index (χ4v) is 2.52. The van der Waals surface area contributed by atoms with Crippen molar-refractivity contribution < 1.29 is 19.0 Å². The number of hydrogen-bond acceptors (Lipinski definition) is 5. The van der Waals surface area contributed by atoms with Crippen LogP contribution in [0, 0.1) is 0 Å². The van der Waals surface area contributed by atoms with Gasteiger partial charge in [0.05, 0.1) is 26.4 Å². The van der Waals surface area contributed by atoms with Crippen molar-refractivity contribution in [2.45, 2.75) is 6.04 Å². The second-order valence-corrected chi connectivity index (χ2v) is 5.52. The van der Waals surface area contributed by atoms with Gasteiger partial charge in [0.2, 0.25) is 0 Å². The molecule has 6 heteroatoms. The third-order valence-electron chi connectivity index (χ3n) is 3.54. The molecule has 0 bridgehead atoms. The molecule has 1 aliphatic heterocycles. The van der Waals surface area contributed by atoms with Crippen LogP contribution in [0.15, 0.2) is 24.3 Å². The first-order valence-electron chi connectivity index (χ1n) is 7.39. The predicted octanol–water partition coefficient (Wildman–Crippen LogP) is 0.863. The number of para-hydroxylation sites is 2. The van der Waals surface area contributed by atoms with Crippen LogP contribution in [0.5, 0.6) is 11.5 Å². The summed E-state index contributed by atoms with van der Waals surface area (Å²) in [6.45, 7) is 2.53. The van der Waals surface area contributed by atoms with Crippen molar-refractivity contribution in [1.29, 1.82) is 0 Å². The lowest BCUT2D eigenvalue weighted by Crippen LogP contribution is -2.53. The summed E-state index contributed by atoms with van der Waals surface area (Å²) < 4.78 is 16.3. The number of carbonyl (C=O) groups is 1. The van der Waals surface area contributed by atoms with E-state index >= 15 is 0 Å². The molecule has 2 rings (SSSR count). The van der Waals surface area contributed by atoms with Gasteiger partial charge in [-0.25, -0.2) is 0 Å². The van der Waals surface area contributed by atoms with Gasteiger partial charge in [0, 0.05) is 13.1 Å². The van der Waals surface area contributed by atoms with Crippen LogP contribution in [0.1, 0.15) is 0 Å². The van der Waals surface area contributed by atoms with Crippen molar-refractivity contribution in [3.63, 3.8) is 0 Å². The number of ether oxygens (including phenoxy) is 3. The molecular weight excluding hydrogens is 284 g/mol. The van der Waals surface area contributed by atoms with E-state index in [1.54, 1.807) is 13.2 Å². The summed E-state index contributed by atoms with van der Waals surface area (Å²) in [7, 11) is 5.56. The Balaban J connectivity index is 1.95. The molecule has 1 atom stereocenters. The first-order valence-corrected chi connectivity index (χ1v) is 7.39. The Morgan fingerprint density at radius 2 is 2.09 bits per heavy atom. The number of methoxy groups -OCH3 is 1. The lowest BCUT2D eigenvalue weighted by atomic mass is 10.2. The number of hydrogen-bond donors (Lipinski definition) is 0. The highest BCUT2D eigenvalue weighted by Crippen LogP contribution is 2.25. The minimum absolute atomic E-state index is 0.00427. The van der Waals surface area contributed by atoms with Crippen LogP contribution < -0.4 is 9.47 Å². The summed E-state index contributed by atoms with van der Waals surface area (Å²) in [5.41, 5.74) is 0. The molecule has 6 nitrogen and oxygen atoms in total. The Morgan fingerprint density at radius 3 is 2.77 bits per heavy atom. The van der Waals surface area contributed by atoms with E-state index in [1.165, 1.54) is 0 Å². The first kappa shape index (κ1) is 16.6. The van der Waals surface area contributed by atoms with Gasteiger partial charge in [-0.1, -0.05) is 12.1 Å². The first-order chi connectivity index (χ1) is 10.6. The standard InChI is InChI=1S/C16H24N2O4/c1-17(2)10-13-11-21-9-8-18(13)16(19)12-22-15-7-5-4-6-14(15)20-3/h4-7,13H,8-12H2,1-3H3/t13-/m0/s1. The van der Waals surface area contributed by atoms with Gasteiger partial charge in [-0.05, 0) is 26.2 Å². The van der Waals surface area contributed by atoms with Crippen LogP contribution in [0.4, 0.5) is 0 Å². The van der Waals surface area contributed by atoms with E-state index in [9.17, 15) is 4.79 Å². The number of morpholine rings is 1. The Morgan fingerprint density at radius 1 is 1.36 bits per heavy atom. The van der Waals surface area contributed by atoms with Crippen LogP contribution in [0.2, 0.25) is 0 Å². The highest BCUT2D eigenvalue weighted by Gasteiger charge is 2.28. The van der Waals surface area contributed by atoms with Crippen molar-refractivity contribution in [3.8, 4) is 11.5 Å². The van der Waals surface area contributed by atoms with E-state index in [4.69, 9.17) is 14.2 Å². The normalized spacial score (nSPS) is 18.4. The molecule has 0 radical (unpaired) electrons. The summed E-state index contributed by atoms with van der Waals surface area (Å²) in [4.78, 5) is 16.4. The van der Waals surface area contributed by atoms with Gasteiger partial charge in [-0.3, -0.25) is 4.79 Å². The molecule has 0 saturated carbocycles. The summed E-state index contributed by atoms with van der Waals surface area (Å²) in [5, 5.41) is 0. The van der Waals surface area contributed by atoms with Crippen molar-refractivity contribution >= 4 is 5.91 Å². The zero-order valence-corrected chi connectivity index (χ0v) is 13.4. The molecule has 0 aliphatic carbocycles. The fourth-order valence-electron chi connectivity index (χ4n) is 2.52. The van der Waals surface area contributed by atoms with Gasteiger partial charge in [0.1, 0.15) is 0 Å². The van der Waals surface area contributed by atoms with E-state index in [0.717, 1.165) is 6.54 Å². The average Bonchev–Trinajstić information content (AvgIpc) is 2.52. The van der Waals surface area contributed by atoms with Crippen molar-refractivity contribution in [1.82, 2.24) is 9.80 Å². The molecule has 1 amide bonds. The van der Waals surface area contributed by atoms with Crippen molar-refractivity contribution in [2.24, 2.45) is 0 Å². The molecule has 1 heterocycles. The van der Waals surface area contributed by atoms with Gasteiger partial charge >= 0.3 is 0 Å². The summed E-state index contributed by atoms with van der Waals surface area (Å²) in [6.07, 6.45) is 0. The number of rotatable bonds is 6. The number of carbonyl (C=O) groups excluding carboxylic acids is 1. The summed E-state index contributed by atoms with van der Waals surface area (Å²) >= 11 is 0. The third kappa shape index (κ3) is 4.35. The second-order valence-electron chi connectivity index (χ2n) is 5.52. The minimum atomic E-state index is -0.0268. The minimum Gasteiger partial charge on any atom is -0.493 e. The Hall–Kier alpha value is -1.79. The number of nitrogens with zero attached hydrogens (tertiary/aromatic N) is 2. The van der Waals surface area contributed by atoms with Gasteiger partial charge in [-0.2, -0.15) is 0 Å². The van der Waals surface area contributed by atoms with Gasteiger partial charge in [0.15, 0.2) is 18.1 Å². The zero-order chi connectivity index (χ0) is 15.9. The molecule has 0 aromatic heterocycles. The number of amides is 1. The lowest BCUT2D eigenvalue weighted by Gasteiger charge is -2.36. The maximum atomic E-state index is 12.4. The third-order valence-corrected chi connectivity index (χ3v) is 3.54. The van der Waals surface area contributed by atoms with Crippen LogP contribution in [0.3, 0.4) is 0 Å². The highest BCUT2D eigenvalue weighted by molar-refractivity contribution is 5.78. The summed E-state index contributed by atoms with van der Waals surface area (Å²) in [5.74, 6) is 1.18. The van der Waals surface area contributed by atoms with Gasteiger partial charge < -0.3 is 24.0 Å². The molecule has 22 heavy (non-hydrogen) atoms. The van der Waals surface area contributed by atoms with E-state index in [1.807, 2.05) is 37.2 Å². The van der Waals surface area contributed by atoms with Crippen molar-refractivity contribution in [3.05, 3.63) is 24.3 Å². The van der Waals surface area contributed by atoms with E-state index in [2.05, 4.69) is 4.90 Å². The van der Waals surface area contributed by atoms with E-state index in [0.29, 0.717) is 31.3 Å². The summed E-state index contributed by atoms with van der Waals surface area (Å²) in [6, 6.07) is 7.39. The van der Waals surface area contributed by atoms with E-state index in [-0.39, 0.29) is 18.6 Å². The molecule has 122 valence electrons. The molecule has 1 aromatic rings. The number of likely N-dealkylation sites (N-methyl/N-ethyl adjacent to an activating group) is 1. The van der Waals surface area contributed by atoms with E-state index < -0.39 is 0 Å². The molecule has 0 unspecified atom stereocenters. The average molecular weight is 308 g/mol. The number of benzene rings is 1. The fraction of sp³-hybridized carbons (Fsp3) is 0.562. The van der Waals surface area contributed by atoms with Crippen LogP contribution >= 0.6 is 0 Å². The van der Waals surface area contributed by atoms with Crippen LogP contribution in [-0.2, 0) is 9.53 Å². The SMILES string of the molecule is COc1ccccc1OCC(=O)N1CCOC[C@@H]1CN(C)C. The Kier molecular flexibility index (Phi) is 6.03. The van der Waals surface area contributed by atoms with Gasteiger partial charge in [-0.15, -0.1) is 0 Å². The molecule has 0 N–H and O–H groups in total. The molecule has 1 saturated heterocycles. The molecule has 1 aliphatic rings. The molecular formula is C16H24N2O4. The zero-order valence-electron chi connectivity index (χ0n) is 13.4. The molecule has 1 aromatic carbocycles. The second kappa shape index (κ2) is 8.00. The molecule has 0 spiro atoms. The van der Waals surface area contributed by atoms with Crippen LogP contribution in [-0.4, -0.2) is 75.9 Å². The largest absolute Gasteiger partial charge is 0.493 e. The Labute approximate surface area is 131 Å². The topological polar surface area (TPSA) is 51.2 Å². The quantitative estimate of drug-likeness (QED) is 0.780.